The number of halogens is 2. The molecule has 17 heavy (non-hydrogen) atoms. The molecule has 6 heteroatoms. The number of amides is 1. The topological polar surface area (TPSA) is 66.4 Å². The maximum absolute atomic E-state index is 13.3. The van der Waals surface area contributed by atoms with Crippen LogP contribution in [0.2, 0.25) is 5.02 Å². The Hall–Kier alpha value is -1.62. The fourth-order valence-corrected chi connectivity index (χ4v) is 1.49. The third kappa shape index (κ3) is 4.03. The molecule has 92 valence electrons. The Bertz CT molecular complexity index is 416. The number of carboxylic acid groups (broad SMARTS) is 1. The van der Waals surface area contributed by atoms with E-state index in [0.717, 1.165) is 6.07 Å². The molecule has 0 spiro atoms. The molecule has 0 unspecified atom stereocenters. The van der Waals surface area contributed by atoms with Gasteiger partial charge in [0.2, 0.25) is 0 Å². The van der Waals surface area contributed by atoms with Crippen molar-refractivity contribution in [2.24, 2.45) is 0 Å². The average Bonchev–Trinajstić information content (AvgIpc) is 2.24. The first-order valence-corrected chi connectivity index (χ1v) is 5.34. The van der Waals surface area contributed by atoms with Gasteiger partial charge in [-0.2, -0.15) is 0 Å². The van der Waals surface area contributed by atoms with Gasteiger partial charge >= 0.3 is 5.97 Å². The predicted molar refractivity (Wildman–Crippen MR) is 60.6 cm³/mol. The predicted octanol–water partition coefficient (Wildman–Crippen LogP) is 2.07. The number of hydrogen-bond acceptors (Lipinski definition) is 2. The highest BCUT2D eigenvalue weighted by Gasteiger charge is 2.14. The fraction of sp³-hybridized carbons (Fsp3) is 0.273. The average molecular weight is 260 g/mol. The quantitative estimate of drug-likeness (QED) is 0.796. The van der Waals surface area contributed by atoms with Crippen molar-refractivity contribution in [1.82, 2.24) is 5.32 Å². The van der Waals surface area contributed by atoms with Crippen LogP contribution in [-0.2, 0) is 4.79 Å². The molecule has 0 aliphatic rings. The smallest absolute Gasteiger partial charge is 0.303 e. The molecular weight excluding hydrogens is 249 g/mol. The Balaban J connectivity index is 2.55. The number of rotatable bonds is 5. The van der Waals surface area contributed by atoms with Gasteiger partial charge in [-0.15, -0.1) is 0 Å². The molecular formula is C11H11ClFNO3. The second-order valence-corrected chi connectivity index (χ2v) is 3.76. The van der Waals surface area contributed by atoms with Crippen molar-refractivity contribution in [3.05, 3.63) is 34.6 Å². The van der Waals surface area contributed by atoms with Gasteiger partial charge in [-0.25, -0.2) is 4.39 Å². The summed E-state index contributed by atoms with van der Waals surface area (Å²) in [5.41, 5.74) is -0.218. The van der Waals surface area contributed by atoms with Crippen molar-refractivity contribution in [2.45, 2.75) is 12.8 Å². The van der Waals surface area contributed by atoms with Gasteiger partial charge in [0.15, 0.2) is 0 Å². The Labute approximate surface area is 102 Å². The molecule has 0 atom stereocenters. The van der Waals surface area contributed by atoms with Crippen molar-refractivity contribution < 1.29 is 19.1 Å². The van der Waals surface area contributed by atoms with Gasteiger partial charge in [0, 0.05) is 13.0 Å². The number of hydrogen-bond donors (Lipinski definition) is 2. The normalized spacial score (nSPS) is 10.0. The Morgan fingerprint density at radius 1 is 1.41 bits per heavy atom. The summed E-state index contributed by atoms with van der Waals surface area (Å²) in [6, 6.07) is 3.95. The number of aliphatic carboxylic acids is 1. The highest BCUT2D eigenvalue weighted by Crippen LogP contribution is 2.18. The number of carbonyl (C=O) groups excluding carboxylic acids is 1. The van der Waals surface area contributed by atoms with Gasteiger partial charge in [0.25, 0.3) is 5.91 Å². The zero-order chi connectivity index (χ0) is 12.8. The van der Waals surface area contributed by atoms with E-state index in [9.17, 15) is 14.0 Å². The second kappa shape index (κ2) is 6.20. The number of nitrogens with one attached hydrogen (secondary N) is 1. The summed E-state index contributed by atoms with van der Waals surface area (Å²) in [6.45, 7) is 0.162. The molecule has 0 aliphatic heterocycles. The van der Waals surface area contributed by atoms with Crippen molar-refractivity contribution in [1.29, 1.82) is 0 Å². The molecule has 0 aromatic heterocycles. The lowest BCUT2D eigenvalue weighted by atomic mass is 10.2. The van der Waals surface area contributed by atoms with E-state index < -0.39 is 17.7 Å². The van der Waals surface area contributed by atoms with Gasteiger partial charge in [-0.3, -0.25) is 9.59 Å². The fourth-order valence-electron chi connectivity index (χ4n) is 1.24. The Morgan fingerprint density at radius 2 is 2.12 bits per heavy atom. The second-order valence-electron chi connectivity index (χ2n) is 3.35. The van der Waals surface area contributed by atoms with E-state index in [1.807, 2.05) is 0 Å². The van der Waals surface area contributed by atoms with E-state index in [2.05, 4.69) is 5.32 Å². The molecule has 0 saturated heterocycles. The molecule has 1 aromatic carbocycles. The summed E-state index contributed by atoms with van der Waals surface area (Å²) in [5, 5.41) is 10.8. The maximum atomic E-state index is 13.3. The largest absolute Gasteiger partial charge is 0.481 e. The standard InChI is InChI=1S/C11H11ClFNO3/c12-7-3-1-4-8(13)10(7)11(17)14-6-2-5-9(15)16/h1,3-4H,2,5-6H2,(H,14,17)(H,15,16). The van der Waals surface area contributed by atoms with Crippen molar-refractivity contribution >= 4 is 23.5 Å². The van der Waals surface area contributed by atoms with E-state index in [-0.39, 0.29) is 30.0 Å². The minimum absolute atomic E-state index is 0.0285. The first-order chi connectivity index (χ1) is 8.02. The lowest BCUT2D eigenvalue weighted by molar-refractivity contribution is -0.137. The molecule has 0 saturated carbocycles. The van der Waals surface area contributed by atoms with Crippen LogP contribution in [0, 0.1) is 5.82 Å². The van der Waals surface area contributed by atoms with Gasteiger partial charge in [-0.1, -0.05) is 17.7 Å². The Kier molecular flexibility index (Phi) is 4.90. The molecule has 1 amide bonds. The van der Waals surface area contributed by atoms with Crippen LogP contribution in [0.5, 0.6) is 0 Å². The minimum atomic E-state index is -0.942. The highest BCUT2D eigenvalue weighted by atomic mass is 35.5. The number of benzene rings is 1. The van der Waals surface area contributed by atoms with Crippen molar-refractivity contribution in [2.75, 3.05) is 6.54 Å². The van der Waals surface area contributed by atoms with Crippen LogP contribution in [0.4, 0.5) is 4.39 Å². The first-order valence-electron chi connectivity index (χ1n) is 4.96. The molecule has 1 rings (SSSR count). The van der Waals surface area contributed by atoms with Gasteiger partial charge in [0.1, 0.15) is 5.82 Å². The van der Waals surface area contributed by atoms with Crippen LogP contribution in [0.25, 0.3) is 0 Å². The SMILES string of the molecule is O=C(O)CCCNC(=O)c1c(F)cccc1Cl. The summed E-state index contributed by atoms with van der Waals surface area (Å²) < 4.78 is 13.3. The van der Waals surface area contributed by atoms with E-state index in [1.54, 1.807) is 0 Å². The number of carbonyl (C=O) groups is 2. The van der Waals surface area contributed by atoms with Gasteiger partial charge in [-0.05, 0) is 18.6 Å². The molecule has 0 radical (unpaired) electrons. The summed E-state index contributed by atoms with van der Waals surface area (Å²) in [5.74, 6) is -2.28. The van der Waals surface area contributed by atoms with Crippen LogP contribution < -0.4 is 5.32 Å². The summed E-state index contributed by atoms with van der Waals surface area (Å²) in [4.78, 5) is 21.8. The number of carboxylic acids is 1. The Morgan fingerprint density at radius 3 is 2.71 bits per heavy atom. The van der Waals surface area contributed by atoms with Crippen molar-refractivity contribution in [3.8, 4) is 0 Å². The zero-order valence-electron chi connectivity index (χ0n) is 8.87. The van der Waals surface area contributed by atoms with E-state index in [0.29, 0.717) is 0 Å². The lowest BCUT2D eigenvalue weighted by Gasteiger charge is -2.06. The highest BCUT2D eigenvalue weighted by molar-refractivity contribution is 6.33. The lowest BCUT2D eigenvalue weighted by Crippen LogP contribution is -2.26. The summed E-state index contributed by atoms with van der Waals surface area (Å²) >= 11 is 5.69. The maximum Gasteiger partial charge on any atom is 0.303 e. The summed E-state index contributed by atoms with van der Waals surface area (Å²) in [6.07, 6.45) is 0.235. The molecule has 2 N–H and O–H groups in total. The van der Waals surface area contributed by atoms with Crippen LogP contribution in [0.3, 0.4) is 0 Å². The molecule has 0 bridgehead atoms. The monoisotopic (exact) mass is 259 g/mol. The van der Waals surface area contributed by atoms with E-state index in [4.69, 9.17) is 16.7 Å². The van der Waals surface area contributed by atoms with Crippen LogP contribution in [-0.4, -0.2) is 23.5 Å². The molecule has 4 nitrogen and oxygen atoms in total. The summed E-state index contributed by atoms with van der Waals surface area (Å²) in [7, 11) is 0. The minimum Gasteiger partial charge on any atom is -0.481 e. The van der Waals surface area contributed by atoms with Gasteiger partial charge in [0.05, 0.1) is 10.6 Å². The van der Waals surface area contributed by atoms with Crippen molar-refractivity contribution in [3.63, 3.8) is 0 Å². The zero-order valence-corrected chi connectivity index (χ0v) is 9.63. The first kappa shape index (κ1) is 13.4. The molecule has 0 aliphatic carbocycles. The van der Waals surface area contributed by atoms with Crippen LogP contribution in [0.1, 0.15) is 23.2 Å². The molecule has 0 heterocycles. The van der Waals surface area contributed by atoms with E-state index >= 15 is 0 Å². The van der Waals surface area contributed by atoms with Crippen LogP contribution in [0.15, 0.2) is 18.2 Å². The van der Waals surface area contributed by atoms with Crippen LogP contribution >= 0.6 is 11.6 Å². The van der Waals surface area contributed by atoms with E-state index in [1.165, 1.54) is 12.1 Å². The molecule has 0 fully saturated rings. The third-order valence-electron chi connectivity index (χ3n) is 2.04. The van der Waals surface area contributed by atoms with Gasteiger partial charge < -0.3 is 10.4 Å². The molecule has 1 aromatic rings. The third-order valence-corrected chi connectivity index (χ3v) is 2.36.